The van der Waals surface area contributed by atoms with Gasteiger partial charge in [0.2, 0.25) is 0 Å². The van der Waals surface area contributed by atoms with Crippen LogP contribution in [0.4, 0.5) is 13.2 Å². The summed E-state index contributed by atoms with van der Waals surface area (Å²) in [7, 11) is 0. The predicted octanol–water partition coefficient (Wildman–Crippen LogP) is 2.70. The van der Waals surface area contributed by atoms with Crippen molar-refractivity contribution in [2.45, 2.75) is 6.18 Å². The Hall–Kier alpha value is -2.09. The maximum absolute atomic E-state index is 11.8. The number of benzene rings is 1. The molecule has 0 heterocycles. The van der Waals surface area contributed by atoms with Crippen molar-refractivity contribution in [2.24, 2.45) is 0 Å². The lowest BCUT2D eigenvalue weighted by molar-refractivity contribution is -0.165. The second-order valence-electron chi connectivity index (χ2n) is 2.93. The average molecular weight is 225 g/mol. The van der Waals surface area contributed by atoms with E-state index in [2.05, 4.69) is 0 Å². The Morgan fingerprint density at radius 1 is 1.25 bits per heavy atom. The van der Waals surface area contributed by atoms with Gasteiger partial charge in [-0.05, 0) is 23.8 Å². The molecule has 1 aromatic carbocycles. The second kappa shape index (κ2) is 4.62. The summed E-state index contributed by atoms with van der Waals surface area (Å²) in [5.41, 5.74) is 0.830. The van der Waals surface area contributed by atoms with E-state index < -0.39 is 12.0 Å². The zero-order valence-electron chi connectivity index (χ0n) is 7.95. The molecule has 0 saturated carbocycles. The third-order valence-corrected chi connectivity index (χ3v) is 1.75. The molecule has 0 aliphatic rings. The number of halogens is 3. The number of carbonyl (C=O) groups excluding carboxylic acids is 1. The summed E-state index contributed by atoms with van der Waals surface area (Å²) in [6.45, 7) is 0. The van der Waals surface area contributed by atoms with Crippen LogP contribution in [0.25, 0.3) is 6.08 Å². The van der Waals surface area contributed by atoms with Gasteiger partial charge < -0.3 is 0 Å². The quantitative estimate of drug-likeness (QED) is 0.726. The van der Waals surface area contributed by atoms with Gasteiger partial charge in [0.25, 0.3) is 5.78 Å². The minimum absolute atomic E-state index is 0.402. The van der Waals surface area contributed by atoms with Crippen molar-refractivity contribution in [1.29, 1.82) is 5.26 Å². The SMILES string of the molecule is N#Cc1ccc(C=CC(=O)C(F)(F)F)cc1. The molecule has 16 heavy (non-hydrogen) atoms. The van der Waals surface area contributed by atoms with Gasteiger partial charge in [0.1, 0.15) is 0 Å². The summed E-state index contributed by atoms with van der Waals surface area (Å²) >= 11 is 0. The van der Waals surface area contributed by atoms with Crippen molar-refractivity contribution in [3.05, 3.63) is 41.5 Å². The fourth-order valence-electron chi connectivity index (χ4n) is 0.935. The first-order valence-electron chi connectivity index (χ1n) is 4.23. The highest BCUT2D eigenvalue weighted by Crippen LogP contribution is 2.17. The van der Waals surface area contributed by atoms with Crippen molar-refractivity contribution < 1.29 is 18.0 Å². The molecule has 0 saturated heterocycles. The maximum Gasteiger partial charge on any atom is 0.454 e. The van der Waals surface area contributed by atoms with Crippen LogP contribution in [-0.4, -0.2) is 12.0 Å². The van der Waals surface area contributed by atoms with Crippen LogP contribution in [0.5, 0.6) is 0 Å². The van der Waals surface area contributed by atoms with E-state index in [-0.39, 0.29) is 0 Å². The first-order chi connectivity index (χ1) is 7.43. The van der Waals surface area contributed by atoms with Crippen LogP contribution in [0.2, 0.25) is 0 Å². The molecule has 1 rings (SSSR count). The Balaban J connectivity index is 2.78. The van der Waals surface area contributed by atoms with E-state index in [4.69, 9.17) is 5.26 Å². The fraction of sp³-hybridized carbons (Fsp3) is 0.0909. The molecule has 2 nitrogen and oxygen atoms in total. The highest BCUT2D eigenvalue weighted by Gasteiger charge is 2.35. The fourth-order valence-corrected chi connectivity index (χ4v) is 0.935. The summed E-state index contributed by atoms with van der Waals surface area (Å²) < 4.78 is 35.5. The lowest BCUT2D eigenvalue weighted by atomic mass is 10.1. The number of allylic oxidation sites excluding steroid dienone is 1. The van der Waals surface area contributed by atoms with Gasteiger partial charge in [0.05, 0.1) is 11.6 Å². The molecule has 0 fully saturated rings. The smallest absolute Gasteiger partial charge is 0.285 e. The molecule has 0 aromatic heterocycles. The largest absolute Gasteiger partial charge is 0.454 e. The molecule has 1 aromatic rings. The van der Waals surface area contributed by atoms with Crippen LogP contribution in [0.1, 0.15) is 11.1 Å². The number of hydrogen-bond acceptors (Lipinski definition) is 2. The van der Waals surface area contributed by atoms with E-state index in [0.717, 1.165) is 6.08 Å². The highest BCUT2D eigenvalue weighted by atomic mass is 19.4. The molecule has 0 N–H and O–H groups in total. The summed E-state index contributed by atoms with van der Waals surface area (Å²) in [6, 6.07) is 7.70. The lowest BCUT2D eigenvalue weighted by Crippen LogP contribution is -2.19. The molecule has 0 bridgehead atoms. The number of carbonyl (C=O) groups is 1. The van der Waals surface area contributed by atoms with Crippen molar-refractivity contribution in [3.8, 4) is 6.07 Å². The third kappa shape index (κ3) is 3.24. The molecule has 0 aliphatic carbocycles. The number of ketones is 1. The first kappa shape index (κ1) is 12.0. The summed E-state index contributed by atoms with van der Waals surface area (Å²) in [5, 5.41) is 8.48. The molecule has 0 atom stereocenters. The molecule has 0 amide bonds. The van der Waals surface area contributed by atoms with Crippen LogP contribution < -0.4 is 0 Å². The minimum atomic E-state index is -4.84. The molecule has 0 spiro atoms. The van der Waals surface area contributed by atoms with Gasteiger partial charge in [-0.25, -0.2) is 0 Å². The van der Waals surface area contributed by atoms with Gasteiger partial charge >= 0.3 is 6.18 Å². The van der Waals surface area contributed by atoms with Crippen molar-refractivity contribution in [2.75, 3.05) is 0 Å². The summed E-state index contributed by atoms with van der Waals surface area (Å²) in [4.78, 5) is 10.5. The maximum atomic E-state index is 11.8. The topological polar surface area (TPSA) is 40.9 Å². The van der Waals surface area contributed by atoms with E-state index in [1.54, 1.807) is 0 Å². The van der Waals surface area contributed by atoms with E-state index in [9.17, 15) is 18.0 Å². The van der Waals surface area contributed by atoms with Crippen LogP contribution in [0.3, 0.4) is 0 Å². The van der Waals surface area contributed by atoms with Crippen LogP contribution in [-0.2, 0) is 4.79 Å². The van der Waals surface area contributed by atoms with Gasteiger partial charge in [-0.1, -0.05) is 18.2 Å². The molecular formula is C11H6F3NO. The Labute approximate surface area is 89.6 Å². The number of alkyl halides is 3. The Morgan fingerprint density at radius 3 is 2.25 bits per heavy atom. The van der Waals surface area contributed by atoms with Crippen LogP contribution in [0.15, 0.2) is 30.3 Å². The summed E-state index contributed by atoms with van der Waals surface area (Å²) in [5.74, 6) is -1.91. The van der Waals surface area contributed by atoms with Crippen molar-refractivity contribution in [1.82, 2.24) is 0 Å². The number of rotatable bonds is 2. The molecule has 82 valence electrons. The molecular weight excluding hydrogens is 219 g/mol. The normalized spacial score (nSPS) is 11.4. The van der Waals surface area contributed by atoms with Crippen molar-refractivity contribution >= 4 is 11.9 Å². The predicted molar refractivity (Wildman–Crippen MR) is 51.3 cm³/mol. The Morgan fingerprint density at radius 2 is 1.81 bits per heavy atom. The van der Waals surface area contributed by atoms with Crippen molar-refractivity contribution in [3.63, 3.8) is 0 Å². The van der Waals surface area contributed by atoms with Gasteiger partial charge in [0.15, 0.2) is 0 Å². The summed E-state index contributed by atoms with van der Waals surface area (Å²) in [6.07, 6.45) is -3.33. The van der Waals surface area contributed by atoms with Gasteiger partial charge in [0, 0.05) is 0 Å². The highest BCUT2D eigenvalue weighted by molar-refractivity contribution is 5.97. The number of hydrogen-bond donors (Lipinski definition) is 0. The van der Waals surface area contributed by atoms with Crippen LogP contribution in [0, 0.1) is 11.3 Å². The Bertz CT molecular complexity index is 452. The minimum Gasteiger partial charge on any atom is -0.285 e. The van der Waals surface area contributed by atoms with Gasteiger partial charge in [-0.3, -0.25) is 4.79 Å². The molecule has 0 radical (unpaired) electrons. The monoisotopic (exact) mass is 225 g/mol. The van der Waals surface area contributed by atoms with E-state index in [0.29, 0.717) is 17.2 Å². The van der Waals surface area contributed by atoms with Crippen LogP contribution >= 0.6 is 0 Å². The van der Waals surface area contributed by atoms with Gasteiger partial charge in [-0.2, -0.15) is 18.4 Å². The van der Waals surface area contributed by atoms with E-state index >= 15 is 0 Å². The molecule has 0 unspecified atom stereocenters. The third-order valence-electron chi connectivity index (χ3n) is 1.75. The number of nitrogens with zero attached hydrogens (tertiary/aromatic N) is 1. The lowest BCUT2D eigenvalue weighted by Gasteiger charge is -1.99. The zero-order chi connectivity index (χ0) is 12.2. The Kier molecular flexibility index (Phi) is 3.46. The van der Waals surface area contributed by atoms with Gasteiger partial charge in [-0.15, -0.1) is 0 Å². The molecule has 0 aliphatic heterocycles. The number of nitriles is 1. The first-order valence-corrected chi connectivity index (χ1v) is 4.23. The standard InChI is InChI=1S/C11H6F3NO/c12-11(13,14)10(16)6-5-8-1-3-9(7-15)4-2-8/h1-6H. The molecule has 5 heteroatoms. The second-order valence-corrected chi connectivity index (χ2v) is 2.93. The van der Waals surface area contributed by atoms with E-state index in [1.165, 1.54) is 24.3 Å². The average Bonchev–Trinajstić information content (AvgIpc) is 2.25. The van der Waals surface area contributed by atoms with E-state index in [1.807, 2.05) is 6.07 Å². The zero-order valence-corrected chi connectivity index (χ0v) is 7.95.